The minimum atomic E-state index is -0.444. The summed E-state index contributed by atoms with van der Waals surface area (Å²) >= 11 is 0. The Hall–Kier alpha value is -1.26. The van der Waals surface area contributed by atoms with Crippen LogP contribution in [0.25, 0.3) is 0 Å². The average Bonchev–Trinajstić information content (AvgIpc) is 2.84. The largest absolute Gasteiger partial charge is 0.464 e. The first-order valence-corrected chi connectivity index (χ1v) is 4.30. The third kappa shape index (κ3) is 2.34. The maximum absolute atomic E-state index is 11.1. The van der Waals surface area contributed by atoms with E-state index in [-0.39, 0.29) is 5.97 Å². The Balaban J connectivity index is 2.29. The highest BCUT2D eigenvalue weighted by atomic mass is 16.6. The molecule has 5 nitrogen and oxygen atoms in total. The fourth-order valence-corrected chi connectivity index (χ4v) is 0.988. The van der Waals surface area contributed by atoms with E-state index in [1.165, 1.54) is 4.90 Å². The molecule has 0 aromatic heterocycles. The first-order chi connectivity index (χ1) is 6.20. The lowest BCUT2D eigenvalue weighted by Crippen LogP contribution is -2.21. The second-order valence-electron chi connectivity index (χ2n) is 2.62. The minimum Gasteiger partial charge on any atom is -0.464 e. The molecule has 1 rings (SSSR count). The molecule has 13 heavy (non-hydrogen) atoms. The van der Waals surface area contributed by atoms with E-state index in [0.29, 0.717) is 19.8 Å². The zero-order valence-electron chi connectivity index (χ0n) is 7.78. The summed E-state index contributed by atoms with van der Waals surface area (Å²) in [5.41, 5.74) is 0. The van der Waals surface area contributed by atoms with Gasteiger partial charge in [0.25, 0.3) is 0 Å². The summed E-state index contributed by atoms with van der Waals surface area (Å²) in [6, 6.07) is -0.418. The van der Waals surface area contributed by atoms with Crippen LogP contribution < -0.4 is 0 Å². The second kappa shape index (κ2) is 4.11. The summed E-state index contributed by atoms with van der Waals surface area (Å²) in [6.07, 6.45) is -0.444. The van der Waals surface area contributed by atoms with E-state index in [2.05, 4.69) is 0 Å². The third-order valence-electron chi connectivity index (χ3n) is 1.67. The van der Waals surface area contributed by atoms with Gasteiger partial charge in [-0.1, -0.05) is 0 Å². The van der Waals surface area contributed by atoms with E-state index < -0.39 is 12.1 Å². The molecule has 0 saturated carbocycles. The molecular formula is C8H13NO4. The molecule has 0 aromatic rings. The summed E-state index contributed by atoms with van der Waals surface area (Å²) < 4.78 is 9.44. The molecule has 1 atom stereocenters. The van der Waals surface area contributed by atoms with E-state index in [0.717, 1.165) is 0 Å². The van der Waals surface area contributed by atoms with Gasteiger partial charge in [0.1, 0.15) is 0 Å². The normalized spacial score (nSPS) is 19.5. The maximum atomic E-state index is 11.1. The molecule has 0 N–H and O–H groups in total. The molecule has 1 aliphatic heterocycles. The van der Waals surface area contributed by atoms with Crippen LogP contribution in [0.1, 0.15) is 13.8 Å². The molecule has 1 fully saturated rings. The Morgan fingerprint density at radius 1 is 1.31 bits per heavy atom. The molecule has 0 spiro atoms. The summed E-state index contributed by atoms with van der Waals surface area (Å²) in [4.78, 5) is 23.4. The van der Waals surface area contributed by atoms with Crippen LogP contribution in [0.15, 0.2) is 0 Å². The van der Waals surface area contributed by atoms with Crippen molar-refractivity contribution in [3.63, 3.8) is 0 Å². The number of carbonyl (C=O) groups excluding carboxylic acids is 2. The predicted molar refractivity (Wildman–Crippen MR) is 44.1 cm³/mol. The number of hydrogen-bond donors (Lipinski definition) is 0. The highest BCUT2D eigenvalue weighted by Crippen LogP contribution is 2.19. The fourth-order valence-electron chi connectivity index (χ4n) is 0.988. The number of ether oxygens (including phenoxy) is 2. The van der Waals surface area contributed by atoms with Crippen molar-refractivity contribution in [2.45, 2.75) is 19.9 Å². The van der Waals surface area contributed by atoms with Gasteiger partial charge in [0, 0.05) is 0 Å². The van der Waals surface area contributed by atoms with Crippen LogP contribution in [0.2, 0.25) is 0 Å². The van der Waals surface area contributed by atoms with E-state index in [4.69, 9.17) is 9.47 Å². The number of carbonyl (C=O) groups is 2. The topological polar surface area (TPSA) is 55.6 Å². The monoisotopic (exact) mass is 187 g/mol. The van der Waals surface area contributed by atoms with Crippen LogP contribution in [0.3, 0.4) is 0 Å². The van der Waals surface area contributed by atoms with Gasteiger partial charge < -0.3 is 9.47 Å². The van der Waals surface area contributed by atoms with Gasteiger partial charge in [-0.15, -0.1) is 0 Å². The predicted octanol–water partition coefficient (Wildman–Crippen LogP) is 0.390. The molecule has 1 aliphatic rings. The van der Waals surface area contributed by atoms with Crippen molar-refractivity contribution in [1.29, 1.82) is 0 Å². The number of amides is 1. The molecule has 0 unspecified atom stereocenters. The van der Waals surface area contributed by atoms with Gasteiger partial charge in [0.05, 0.1) is 19.8 Å². The van der Waals surface area contributed by atoms with Crippen molar-refractivity contribution in [3.8, 4) is 0 Å². The van der Waals surface area contributed by atoms with Crippen LogP contribution in [-0.2, 0) is 14.3 Å². The molecule has 1 heterocycles. The molecular weight excluding hydrogens is 174 g/mol. The smallest absolute Gasteiger partial charge is 0.410 e. The van der Waals surface area contributed by atoms with Crippen LogP contribution >= 0.6 is 0 Å². The van der Waals surface area contributed by atoms with Crippen LogP contribution in [0, 0.1) is 0 Å². The molecule has 1 saturated heterocycles. The SMILES string of the molecule is CCOC(=O)[C@@H]1CN1C(=O)OCC. The highest BCUT2D eigenvalue weighted by Gasteiger charge is 2.46. The number of rotatable bonds is 3. The standard InChI is InChI=1S/C8H13NO4/c1-3-12-7(10)6-5-9(6)8(11)13-4-2/h6H,3-5H2,1-2H3/t6-,9?/m0/s1. The summed E-state index contributed by atoms with van der Waals surface area (Å²) in [5.74, 6) is -0.351. The summed E-state index contributed by atoms with van der Waals surface area (Å²) in [6.45, 7) is 4.53. The minimum absolute atomic E-state index is 0.324. The van der Waals surface area contributed by atoms with Crippen LogP contribution in [0.4, 0.5) is 4.79 Å². The fraction of sp³-hybridized carbons (Fsp3) is 0.750. The van der Waals surface area contributed by atoms with Crippen LogP contribution in [-0.4, -0.2) is 42.8 Å². The number of nitrogens with zero attached hydrogens (tertiary/aromatic N) is 1. The third-order valence-corrected chi connectivity index (χ3v) is 1.67. The highest BCUT2D eigenvalue weighted by molar-refractivity contribution is 5.86. The Bertz CT molecular complexity index is 194. The Morgan fingerprint density at radius 3 is 2.46 bits per heavy atom. The molecule has 0 radical (unpaired) electrons. The second-order valence-corrected chi connectivity index (χ2v) is 2.62. The molecule has 74 valence electrons. The Kier molecular flexibility index (Phi) is 3.11. The lowest BCUT2D eigenvalue weighted by Gasteiger charge is -2.03. The Labute approximate surface area is 76.6 Å². The zero-order chi connectivity index (χ0) is 9.84. The van der Waals surface area contributed by atoms with Gasteiger partial charge in [-0.3, -0.25) is 4.90 Å². The molecule has 0 aromatic carbocycles. The van der Waals surface area contributed by atoms with Gasteiger partial charge in [-0.2, -0.15) is 0 Å². The van der Waals surface area contributed by atoms with Crippen molar-refractivity contribution in [2.24, 2.45) is 0 Å². The number of hydrogen-bond acceptors (Lipinski definition) is 4. The maximum Gasteiger partial charge on any atom is 0.410 e. The average molecular weight is 187 g/mol. The summed E-state index contributed by atoms with van der Waals surface area (Å²) in [5, 5.41) is 0. The van der Waals surface area contributed by atoms with E-state index in [9.17, 15) is 9.59 Å². The van der Waals surface area contributed by atoms with Crippen molar-refractivity contribution < 1.29 is 19.1 Å². The molecule has 0 bridgehead atoms. The van der Waals surface area contributed by atoms with Gasteiger partial charge in [0.15, 0.2) is 6.04 Å². The Morgan fingerprint density at radius 2 is 1.92 bits per heavy atom. The van der Waals surface area contributed by atoms with Crippen molar-refractivity contribution in [1.82, 2.24) is 4.90 Å². The van der Waals surface area contributed by atoms with Gasteiger partial charge in [-0.25, -0.2) is 9.59 Å². The van der Waals surface area contributed by atoms with Gasteiger partial charge in [0.2, 0.25) is 0 Å². The first kappa shape index (κ1) is 9.83. The molecule has 1 amide bonds. The molecule has 5 heteroatoms. The van der Waals surface area contributed by atoms with E-state index >= 15 is 0 Å². The molecule has 0 aliphatic carbocycles. The van der Waals surface area contributed by atoms with Crippen molar-refractivity contribution in [2.75, 3.05) is 19.8 Å². The lowest BCUT2D eigenvalue weighted by atomic mass is 10.5. The zero-order valence-corrected chi connectivity index (χ0v) is 7.78. The first-order valence-electron chi connectivity index (χ1n) is 4.30. The van der Waals surface area contributed by atoms with Crippen molar-refractivity contribution in [3.05, 3.63) is 0 Å². The lowest BCUT2D eigenvalue weighted by molar-refractivity contribution is -0.143. The number of esters is 1. The van der Waals surface area contributed by atoms with E-state index in [1.54, 1.807) is 13.8 Å². The quantitative estimate of drug-likeness (QED) is 0.473. The van der Waals surface area contributed by atoms with Gasteiger partial charge >= 0.3 is 12.1 Å². The van der Waals surface area contributed by atoms with Crippen LogP contribution in [0.5, 0.6) is 0 Å². The van der Waals surface area contributed by atoms with Gasteiger partial charge in [-0.05, 0) is 13.8 Å². The van der Waals surface area contributed by atoms with E-state index in [1.807, 2.05) is 0 Å². The van der Waals surface area contributed by atoms with Crippen molar-refractivity contribution >= 4 is 12.1 Å². The summed E-state index contributed by atoms with van der Waals surface area (Å²) in [7, 11) is 0.